The van der Waals surface area contributed by atoms with E-state index in [-0.39, 0.29) is 0 Å². The second-order valence-corrected chi connectivity index (χ2v) is 4.57. The molecule has 0 radical (unpaired) electrons. The summed E-state index contributed by atoms with van der Waals surface area (Å²) in [7, 11) is -3.16. The van der Waals surface area contributed by atoms with Gasteiger partial charge in [0, 0.05) is 5.41 Å². The Morgan fingerprint density at radius 3 is 2.23 bits per heavy atom. The van der Waals surface area contributed by atoms with Crippen molar-refractivity contribution in [1.29, 1.82) is 0 Å². The van der Waals surface area contributed by atoms with Gasteiger partial charge in [0.15, 0.2) is 9.84 Å². The van der Waals surface area contributed by atoms with Gasteiger partial charge in [0.05, 0.1) is 4.91 Å². The van der Waals surface area contributed by atoms with Crippen molar-refractivity contribution in [3.05, 3.63) is 53.5 Å². The van der Waals surface area contributed by atoms with Crippen LogP contribution < -0.4 is 0 Å². The summed E-state index contributed by atoms with van der Waals surface area (Å²) in [5, 5.41) is 1.22. The highest BCUT2D eigenvalue weighted by Gasteiger charge is 2.18. The number of allylic oxidation sites excluding steroid dienone is 2. The van der Waals surface area contributed by atoms with E-state index in [9.17, 15) is 8.42 Å². The van der Waals surface area contributed by atoms with Gasteiger partial charge in [-0.05, 0) is 17.7 Å². The summed E-state index contributed by atoms with van der Waals surface area (Å²) in [4.78, 5) is 0.383. The highest BCUT2D eigenvalue weighted by atomic mass is 32.2. The molecule has 0 aromatic heterocycles. The van der Waals surface area contributed by atoms with Crippen LogP contribution in [0.3, 0.4) is 0 Å². The molecule has 66 valence electrons. The molecular formula is C10H8O2S. The largest absolute Gasteiger partial charge is 0.219 e. The average Bonchev–Trinajstić information content (AvgIpc) is 2.47. The third-order valence-corrected chi connectivity index (χ3v) is 3.37. The number of rotatable bonds is 1. The normalized spacial score (nSPS) is 18.6. The minimum Gasteiger partial charge on any atom is -0.219 e. The molecule has 2 nitrogen and oxygen atoms in total. The Morgan fingerprint density at radius 1 is 1.00 bits per heavy atom. The second kappa shape index (κ2) is 2.85. The van der Waals surface area contributed by atoms with Gasteiger partial charge in [-0.15, -0.1) is 0 Å². The summed E-state index contributed by atoms with van der Waals surface area (Å²) in [5.41, 5.74) is 0.743. The van der Waals surface area contributed by atoms with E-state index in [0.717, 1.165) is 5.56 Å². The predicted octanol–water partition coefficient (Wildman–Crippen LogP) is 1.97. The maximum atomic E-state index is 11.4. The molecule has 13 heavy (non-hydrogen) atoms. The Bertz CT molecular complexity index is 467. The Balaban J connectivity index is 2.53. The van der Waals surface area contributed by atoms with Crippen LogP contribution in [0.15, 0.2) is 47.9 Å². The van der Waals surface area contributed by atoms with Gasteiger partial charge in [0.1, 0.15) is 0 Å². The Hall–Kier alpha value is -1.35. The van der Waals surface area contributed by atoms with Crippen LogP contribution in [0.1, 0.15) is 5.56 Å². The first-order valence-corrected chi connectivity index (χ1v) is 5.44. The summed E-state index contributed by atoms with van der Waals surface area (Å²) >= 11 is 0. The molecule has 1 aromatic carbocycles. The van der Waals surface area contributed by atoms with E-state index in [1.165, 1.54) is 5.41 Å². The molecule has 0 bridgehead atoms. The van der Waals surface area contributed by atoms with Gasteiger partial charge < -0.3 is 0 Å². The molecule has 0 saturated heterocycles. The molecule has 0 atom stereocenters. The van der Waals surface area contributed by atoms with Gasteiger partial charge in [0.25, 0.3) is 0 Å². The van der Waals surface area contributed by atoms with Crippen molar-refractivity contribution >= 4 is 14.7 Å². The van der Waals surface area contributed by atoms with E-state index >= 15 is 0 Å². The number of benzene rings is 1. The average molecular weight is 192 g/mol. The molecule has 0 fully saturated rings. The van der Waals surface area contributed by atoms with Crippen molar-refractivity contribution in [3.63, 3.8) is 0 Å². The van der Waals surface area contributed by atoms with Crippen LogP contribution in [-0.4, -0.2) is 8.42 Å². The van der Waals surface area contributed by atoms with Crippen LogP contribution >= 0.6 is 0 Å². The summed E-state index contributed by atoms with van der Waals surface area (Å²) in [6, 6.07) is 9.08. The third kappa shape index (κ3) is 1.42. The molecular weight excluding hydrogens is 184 g/mol. The maximum absolute atomic E-state index is 11.4. The fraction of sp³-hybridized carbons (Fsp3) is 0. The zero-order chi connectivity index (χ0) is 9.31. The lowest BCUT2D eigenvalue weighted by Gasteiger charge is -2.00. The van der Waals surface area contributed by atoms with Gasteiger partial charge in [-0.25, -0.2) is 8.42 Å². The minimum absolute atomic E-state index is 0.383. The molecule has 0 spiro atoms. The number of sulfone groups is 1. The summed E-state index contributed by atoms with van der Waals surface area (Å²) < 4.78 is 22.8. The van der Waals surface area contributed by atoms with E-state index < -0.39 is 9.84 Å². The van der Waals surface area contributed by atoms with Crippen molar-refractivity contribution in [3.8, 4) is 0 Å². The molecule has 0 unspecified atom stereocenters. The van der Waals surface area contributed by atoms with Crippen LogP contribution in [0.4, 0.5) is 0 Å². The molecule has 1 aliphatic rings. The molecule has 0 saturated carbocycles. The Morgan fingerprint density at radius 2 is 1.69 bits per heavy atom. The predicted molar refractivity (Wildman–Crippen MR) is 52.5 cm³/mol. The number of hydrogen-bond donors (Lipinski definition) is 0. The smallest absolute Gasteiger partial charge is 0.200 e. The van der Waals surface area contributed by atoms with Crippen LogP contribution in [0.25, 0.3) is 4.91 Å². The Kier molecular flexibility index (Phi) is 1.81. The second-order valence-electron chi connectivity index (χ2n) is 2.77. The highest BCUT2D eigenvalue weighted by molar-refractivity contribution is 8.03. The van der Waals surface area contributed by atoms with Crippen molar-refractivity contribution in [1.82, 2.24) is 0 Å². The Labute approximate surface area is 77.1 Å². The minimum atomic E-state index is -3.16. The van der Waals surface area contributed by atoms with Crippen LogP contribution in [0, 0.1) is 0 Å². The van der Waals surface area contributed by atoms with Crippen molar-refractivity contribution in [2.45, 2.75) is 0 Å². The molecule has 0 amide bonds. The molecule has 1 heterocycles. The first kappa shape index (κ1) is 8.26. The van der Waals surface area contributed by atoms with Crippen molar-refractivity contribution < 1.29 is 8.42 Å². The summed E-state index contributed by atoms with van der Waals surface area (Å²) in [6.07, 6.45) is 3.17. The lowest BCUT2D eigenvalue weighted by Crippen LogP contribution is -1.94. The summed E-state index contributed by atoms with van der Waals surface area (Å²) in [6.45, 7) is 0. The van der Waals surface area contributed by atoms with Crippen LogP contribution in [0.2, 0.25) is 0 Å². The van der Waals surface area contributed by atoms with Gasteiger partial charge in [-0.2, -0.15) is 0 Å². The molecule has 1 aliphatic heterocycles. The monoisotopic (exact) mass is 192 g/mol. The van der Waals surface area contributed by atoms with E-state index in [1.807, 2.05) is 18.2 Å². The first-order valence-electron chi connectivity index (χ1n) is 3.89. The van der Waals surface area contributed by atoms with Gasteiger partial charge in [-0.3, -0.25) is 0 Å². The van der Waals surface area contributed by atoms with Crippen LogP contribution in [-0.2, 0) is 9.84 Å². The zero-order valence-electron chi connectivity index (χ0n) is 6.84. The molecule has 2 rings (SSSR count). The van der Waals surface area contributed by atoms with E-state index in [2.05, 4.69) is 0 Å². The van der Waals surface area contributed by atoms with Gasteiger partial charge in [-0.1, -0.05) is 30.3 Å². The molecule has 0 aliphatic carbocycles. The standard InChI is InChI=1S/C10H8O2S/c11-13(12)8-4-7-10(13)9-5-2-1-3-6-9/h1-8H. The maximum Gasteiger partial charge on any atom is 0.200 e. The third-order valence-electron chi connectivity index (χ3n) is 1.87. The lowest BCUT2D eigenvalue weighted by molar-refractivity contribution is 0.614. The van der Waals surface area contributed by atoms with E-state index in [4.69, 9.17) is 0 Å². The van der Waals surface area contributed by atoms with Crippen LogP contribution in [0.5, 0.6) is 0 Å². The molecule has 0 N–H and O–H groups in total. The lowest BCUT2D eigenvalue weighted by atomic mass is 10.2. The highest BCUT2D eigenvalue weighted by Crippen LogP contribution is 2.26. The van der Waals surface area contributed by atoms with E-state index in [0.29, 0.717) is 4.91 Å². The van der Waals surface area contributed by atoms with Crippen molar-refractivity contribution in [2.24, 2.45) is 0 Å². The van der Waals surface area contributed by atoms with Crippen molar-refractivity contribution in [2.75, 3.05) is 0 Å². The van der Waals surface area contributed by atoms with Gasteiger partial charge in [0.2, 0.25) is 0 Å². The first-order chi connectivity index (χ1) is 6.20. The fourth-order valence-electron chi connectivity index (χ4n) is 1.26. The fourth-order valence-corrected chi connectivity index (χ4v) is 2.43. The quantitative estimate of drug-likeness (QED) is 0.681. The topological polar surface area (TPSA) is 34.1 Å². The van der Waals surface area contributed by atoms with Gasteiger partial charge >= 0.3 is 0 Å². The van der Waals surface area contributed by atoms with E-state index in [1.54, 1.807) is 24.3 Å². The molecule has 1 aromatic rings. The zero-order valence-corrected chi connectivity index (χ0v) is 7.66. The number of hydrogen-bond acceptors (Lipinski definition) is 2. The SMILES string of the molecule is O=S1(=O)C=CC=C1c1ccccc1. The molecule has 3 heteroatoms. The summed E-state index contributed by atoms with van der Waals surface area (Å²) in [5.74, 6) is 0.